The predicted octanol–water partition coefficient (Wildman–Crippen LogP) is 3.51. The van der Waals surface area contributed by atoms with Gasteiger partial charge in [-0.2, -0.15) is 0 Å². The quantitative estimate of drug-likeness (QED) is 0.668. The van der Waals surface area contributed by atoms with Crippen molar-refractivity contribution in [3.8, 4) is 5.69 Å². The van der Waals surface area contributed by atoms with E-state index in [0.29, 0.717) is 22.3 Å². The molecule has 3 aromatic rings. The number of hydrogen-bond donors (Lipinski definition) is 1. The Hall–Kier alpha value is -3.61. The van der Waals surface area contributed by atoms with Crippen molar-refractivity contribution in [2.75, 3.05) is 19.0 Å². The molecule has 0 aliphatic carbocycles. The van der Waals surface area contributed by atoms with Gasteiger partial charge in [0.05, 0.1) is 31.9 Å². The van der Waals surface area contributed by atoms with Crippen LogP contribution in [0.2, 0.25) is 0 Å². The summed E-state index contributed by atoms with van der Waals surface area (Å²) in [5, 5.41) is 4.16. The Labute approximate surface area is 173 Å². The van der Waals surface area contributed by atoms with E-state index in [4.69, 9.17) is 9.47 Å². The van der Waals surface area contributed by atoms with Crippen LogP contribution in [0.15, 0.2) is 47.3 Å². The fourth-order valence-electron chi connectivity index (χ4n) is 3.97. The molecule has 0 amide bonds. The first-order valence-corrected chi connectivity index (χ1v) is 9.75. The third-order valence-corrected chi connectivity index (χ3v) is 5.27. The molecular formula is C23H22N2O5. The SMILES string of the molecule is CCOC(=O)CC1Nc2c(C(=O)OC)c3ccccc3c(=O)n2-c2ccc(C)cc21. The molecule has 0 fully saturated rings. The first-order valence-electron chi connectivity index (χ1n) is 9.75. The van der Waals surface area contributed by atoms with Crippen molar-refractivity contribution in [2.45, 2.75) is 26.3 Å². The van der Waals surface area contributed by atoms with Gasteiger partial charge in [-0.3, -0.25) is 14.2 Å². The molecule has 1 unspecified atom stereocenters. The molecule has 0 saturated carbocycles. The summed E-state index contributed by atoms with van der Waals surface area (Å²) < 4.78 is 11.6. The van der Waals surface area contributed by atoms with Gasteiger partial charge in [0, 0.05) is 10.8 Å². The van der Waals surface area contributed by atoms with Crippen LogP contribution in [0.25, 0.3) is 16.5 Å². The third kappa shape index (κ3) is 3.12. The summed E-state index contributed by atoms with van der Waals surface area (Å²) in [5.41, 5.74) is 2.43. The van der Waals surface area contributed by atoms with Gasteiger partial charge in [-0.1, -0.05) is 35.9 Å². The number of carbonyl (C=O) groups is 2. The van der Waals surface area contributed by atoms with Crippen molar-refractivity contribution in [3.63, 3.8) is 0 Å². The highest BCUT2D eigenvalue weighted by Gasteiger charge is 2.32. The Morgan fingerprint density at radius 1 is 1.13 bits per heavy atom. The molecule has 0 spiro atoms. The highest BCUT2D eigenvalue weighted by Crippen LogP contribution is 2.38. The van der Waals surface area contributed by atoms with Crippen molar-refractivity contribution in [1.82, 2.24) is 4.57 Å². The zero-order valence-corrected chi connectivity index (χ0v) is 17.0. The number of aryl methyl sites for hydroxylation is 1. The largest absolute Gasteiger partial charge is 0.466 e. The van der Waals surface area contributed by atoms with Crippen molar-refractivity contribution in [1.29, 1.82) is 0 Å². The minimum Gasteiger partial charge on any atom is -0.466 e. The Bertz CT molecular complexity index is 1230. The number of benzene rings is 2. The Morgan fingerprint density at radius 2 is 1.87 bits per heavy atom. The van der Waals surface area contributed by atoms with E-state index >= 15 is 0 Å². The number of anilines is 1. The lowest BCUT2D eigenvalue weighted by atomic mass is 9.95. The zero-order chi connectivity index (χ0) is 21.4. The predicted molar refractivity (Wildman–Crippen MR) is 113 cm³/mol. The van der Waals surface area contributed by atoms with Gasteiger partial charge in [0.1, 0.15) is 11.4 Å². The number of pyridine rings is 1. The van der Waals surface area contributed by atoms with E-state index < -0.39 is 12.0 Å². The second-order valence-corrected chi connectivity index (χ2v) is 7.17. The standard InChI is InChI=1S/C23H22N2O5/c1-4-30-19(26)12-17-16-11-13(2)9-10-18(16)25-21(24-17)20(23(28)29-3)14-7-5-6-8-15(14)22(25)27/h5-11,17,24H,4,12H2,1-3H3. The van der Waals surface area contributed by atoms with E-state index in [0.717, 1.165) is 11.1 Å². The van der Waals surface area contributed by atoms with E-state index in [9.17, 15) is 14.4 Å². The van der Waals surface area contributed by atoms with E-state index in [1.165, 1.54) is 11.7 Å². The number of nitrogens with zero attached hydrogens (tertiary/aromatic N) is 1. The Kier molecular flexibility index (Phi) is 5.03. The maximum Gasteiger partial charge on any atom is 0.342 e. The van der Waals surface area contributed by atoms with Gasteiger partial charge in [0.15, 0.2) is 0 Å². The molecule has 30 heavy (non-hydrogen) atoms. The fourth-order valence-corrected chi connectivity index (χ4v) is 3.97. The number of aromatic nitrogens is 1. The van der Waals surface area contributed by atoms with Gasteiger partial charge in [-0.05, 0) is 31.5 Å². The average molecular weight is 406 g/mol. The van der Waals surface area contributed by atoms with Crippen LogP contribution >= 0.6 is 0 Å². The second-order valence-electron chi connectivity index (χ2n) is 7.17. The molecule has 1 aliphatic rings. The molecule has 0 bridgehead atoms. The number of hydrogen-bond acceptors (Lipinski definition) is 6. The van der Waals surface area contributed by atoms with E-state index in [1.54, 1.807) is 31.2 Å². The highest BCUT2D eigenvalue weighted by molar-refractivity contribution is 6.09. The summed E-state index contributed by atoms with van der Waals surface area (Å²) in [5.74, 6) is -0.609. The minimum atomic E-state index is -0.562. The number of rotatable bonds is 4. The number of nitrogens with one attached hydrogen (secondary N) is 1. The third-order valence-electron chi connectivity index (χ3n) is 5.27. The smallest absolute Gasteiger partial charge is 0.342 e. The Morgan fingerprint density at radius 3 is 2.57 bits per heavy atom. The van der Waals surface area contributed by atoms with E-state index in [-0.39, 0.29) is 30.1 Å². The van der Waals surface area contributed by atoms with Crippen LogP contribution in [0.4, 0.5) is 5.82 Å². The van der Waals surface area contributed by atoms with Gasteiger partial charge >= 0.3 is 11.9 Å². The van der Waals surface area contributed by atoms with E-state index in [1.807, 2.05) is 25.1 Å². The summed E-state index contributed by atoms with van der Waals surface area (Å²) >= 11 is 0. The fraction of sp³-hybridized carbons (Fsp3) is 0.261. The van der Waals surface area contributed by atoms with Crippen LogP contribution in [0.3, 0.4) is 0 Å². The molecule has 2 aromatic carbocycles. The lowest BCUT2D eigenvalue weighted by molar-refractivity contribution is -0.143. The molecule has 1 aliphatic heterocycles. The summed E-state index contributed by atoms with van der Waals surface area (Å²) in [7, 11) is 1.30. The number of methoxy groups -OCH3 is 1. The van der Waals surface area contributed by atoms with Crippen LogP contribution < -0.4 is 10.9 Å². The summed E-state index contributed by atoms with van der Waals surface area (Å²) in [6, 6.07) is 12.2. The summed E-state index contributed by atoms with van der Waals surface area (Å²) in [6.45, 7) is 3.97. The molecule has 0 radical (unpaired) electrons. The number of carbonyl (C=O) groups excluding carboxylic acids is 2. The molecule has 7 heteroatoms. The van der Waals surface area contributed by atoms with Crippen LogP contribution in [0, 0.1) is 6.92 Å². The van der Waals surface area contributed by atoms with Gasteiger partial charge in [0.25, 0.3) is 5.56 Å². The van der Waals surface area contributed by atoms with Gasteiger partial charge in [-0.15, -0.1) is 0 Å². The van der Waals surface area contributed by atoms with Crippen LogP contribution in [0.5, 0.6) is 0 Å². The van der Waals surface area contributed by atoms with Gasteiger partial charge < -0.3 is 14.8 Å². The highest BCUT2D eigenvalue weighted by atomic mass is 16.5. The van der Waals surface area contributed by atoms with Crippen LogP contribution in [-0.2, 0) is 14.3 Å². The molecule has 1 aromatic heterocycles. The number of fused-ring (bicyclic) bond motifs is 4. The first-order chi connectivity index (χ1) is 14.5. The number of ether oxygens (including phenoxy) is 2. The van der Waals surface area contributed by atoms with Crippen molar-refractivity contribution in [2.24, 2.45) is 0 Å². The van der Waals surface area contributed by atoms with Crippen molar-refractivity contribution >= 4 is 28.5 Å². The number of esters is 2. The normalized spacial score (nSPS) is 14.4. The van der Waals surface area contributed by atoms with Crippen molar-refractivity contribution < 1.29 is 19.1 Å². The maximum absolute atomic E-state index is 13.4. The van der Waals surface area contributed by atoms with Gasteiger partial charge in [0.2, 0.25) is 0 Å². The summed E-state index contributed by atoms with van der Waals surface area (Å²) in [4.78, 5) is 38.4. The summed E-state index contributed by atoms with van der Waals surface area (Å²) in [6.07, 6.45) is 0.0614. The minimum absolute atomic E-state index is 0.0614. The van der Waals surface area contributed by atoms with Crippen LogP contribution in [-0.4, -0.2) is 30.2 Å². The first kappa shape index (κ1) is 19.7. The molecule has 1 atom stereocenters. The monoisotopic (exact) mass is 406 g/mol. The molecule has 1 N–H and O–H groups in total. The second kappa shape index (κ2) is 7.67. The van der Waals surface area contributed by atoms with E-state index in [2.05, 4.69) is 5.32 Å². The lowest BCUT2D eigenvalue weighted by Gasteiger charge is -2.32. The van der Waals surface area contributed by atoms with Crippen molar-refractivity contribution in [3.05, 3.63) is 69.5 Å². The van der Waals surface area contributed by atoms with Crippen LogP contribution in [0.1, 0.15) is 40.9 Å². The molecule has 0 saturated heterocycles. The molecule has 154 valence electrons. The topological polar surface area (TPSA) is 86.6 Å². The molecule has 4 rings (SSSR count). The average Bonchev–Trinajstić information content (AvgIpc) is 2.74. The molecular weight excluding hydrogens is 384 g/mol. The maximum atomic E-state index is 13.4. The zero-order valence-electron chi connectivity index (χ0n) is 17.0. The van der Waals surface area contributed by atoms with Gasteiger partial charge in [-0.25, -0.2) is 4.79 Å². The molecule has 2 heterocycles. The lowest BCUT2D eigenvalue weighted by Crippen LogP contribution is -2.33. The molecule has 7 nitrogen and oxygen atoms in total. The Balaban J connectivity index is 2.04.